The summed E-state index contributed by atoms with van der Waals surface area (Å²) in [6.45, 7) is 4.49. The van der Waals surface area contributed by atoms with Crippen LogP contribution in [0.3, 0.4) is 0 Å². The number of amides is 1. The number of aromatic nitrogens is 2. The number of nitrogens with one attached hydrogen (secondary N) is 1. The number of benzene rings is 1. The molecule has 1 aromatic carbocycles. The quantitative estimate of drug-likeness (QED) is 0.285. The zero-order valence-electron chi connectivity index (χ0n) is 18.6. The summed E-state index contributed by atoms with van der Waals surface area (Å²) in [5, 5.41) is 6.02. The second-order valence-corrected chi connectivity index (χ2v) is 11.7. The number of thiophene rings is 2. The Bertz CT molecular complexity index is 1350. The Hall–Kier alpha value is -2.42. The van der Waals surface area contributed by atoms with Crippen molar-refractivity contribution in [1.29, 1.82) is 0 Å². The van der Waals surface area contributed by atoms with E-state index in [-0.39, 0.29) is 16.7 Å². The van der Waals surface area contributed by atoms with E-state index in [0.717, 1.165) is 47.2 Å². The van der Waals surface area contributed by atoms with Gasteiger partial charge in [-0.3, -0.25) is 14.2 Å². The molecule has 3 aromatic heterocycles. The molecule has 4 aromatic rings. The third-order valence-electron chi connectivity index (χ3n) is 5.90. The van der Waals surface area contributed by atoms with Crippen molar-refractivity contribution in [3.05, 3.63) is 73.0 Å². The van der Waals surface area contributed by atoms with Crippen LogP contribution in [0.1, 0.15) is 34.2 Å². The maximum absolute atomic E-state index is 13.7. The minimum atomic E-state index is -0.374. The van der Waals surface area contributed by atoms with E-state index in [1.54, 1.807) is 27.2 Å². The Labute approximate surface area is 204 Å². The number of hydrogen-bond acceptors (Lipinski definition) is 6. The van der Waals surface area contributed by atoms with Crippen LogP contribution in [0.25, 0.3) is 15.9 Å². The molecule has 5 nitrogen and oxygen atoms in total. The average molecular weight is 496 g/mol. The van der Waals surface area contributed by atoms with Crippen LogP contribution in [-0.2, 0) is 24.1 Å². The molecule has 8 heteroatoms. The van der Waals surface area contributed by atoms with Gasteiger partial charge in [-0.25, -0.2) is 4.98 Å². The van der Waals surface area contributed by atoms with Gasteiger partial charge in [-0.1, -0.05) is 35.5 Å². The molecule has 5 rings (SSSR count). The summed E-state index contributed by atoms with van der Waals surface area (Å²) in [5.74, 6) is -0.0463. The molecule has 0 aliphatic heterocycles. The van der Waals surface area contributed by atoms with Gasteiger partial charge < -0.3 is 5.32 Å². The molecule has 0 saturated heterocycles. The predicted octanol–water partition coefficient (Wildman–Crippen LogP) is 5.15. The van der Waals surface area contributed by atoms with Crippen LogP contribution >= 0.6 is 34.4 Å². The van der Waals surface area contributed by atoms with Crippen molar-refractivity contribution in [1.82, 2.24) is 14.9 Å². The monoisotopic (exact) mass is 495 g/mol. The Balaban J connectivity index is 1.46. The van der Waals surface area contributed by atoms with Gasteiger partial charge in [0.05, 0.1) is 16.3 Å². The van der Waals surface area contributed by atoms with Crippen molar-refractivity contribution < 1.29 is 4.79 Å². The molecule has 0 spiro atoms. The molecule has 0 bridgehead atoms. The Morgan fingerprint density at radius 1 is 1.24 bits per heavy atom. The van der Waals surface area contributed by atoms with Gasteiger partial charge in [0.1, 0.15) is 4.83 Å². The highest BCUT2D eigenvalue weighted by Crippen LogP contribution is 2.36. The Kier molecular flexibility index (Phi) is 6.40. The minimum Gasteiger partial charge on any atom is -0.355 e. The smallest absolute Gasteiger partial charge is 0.267 e. The van der Waals surface area contributed by atoms with Gasteiger partial charge in [0.25, 0.3) is 5.56 Å². The number of nitrogens with zero attached hydrogens (tertiary/aromatic N) is 2. The van der Waals surface area contributed by atoms with Crippen molar-refractivity contribution in [2.24, 2.45) is 0 Å². The number of aryl methyl sites for hydroxylation is 3. The second-order valence-electron chi connectivity index (χ2n) is 8.29. The van der Waals surface area contributed by atoms with Crippen LogP contribution in [0.5, 0.6) is 0 Å². The van der Waals surface area contributed by atoms with E-state index in [2.05, 4.69) is 11.4 Å². The first-order valence-electron chi connectivity index (χ1n) is 11.1. The van der Waals surface area contributed by atoms with Crippen LogP contribution in [0.15, 0.2) is 51.7 Å². The van der Waals surface area contributed by atoms with Crippen molar-refractivity contribution in [2.45, 2.75) is 49.9 Å². The fraction of sp³-hybridized carbons (Fsp3) is 0.320. The van der Waals surface area contributed by atoms with Crippen molar-refractivity contribution >= 4 is 50.6 Å². The Morgan fingerprint density at radius 2 is 2.06 bits per heavy atom. The Morgan fingerprint density at radius 3 is 2.82 bits per heavy atom. The van der Waals surface area contributed by atoms with E-state index in [1.165, 1.54) is 27.1 Å². The maximum Gasteiger partial charge on any atom is 0.267 e. The van der Waals surface area contributed by atoms with Gasteiger partial charge in [-0.2, -0.15) is 0 Å². The van der Waals surface area contributed by atoms with Gasteiger partial charge in [0, 0.05) is 16.3 Å². The number of fused-ring (bicyclic) bond motifs is 3. The fourth-order valence-corrected chi connectivity index (χ4v) is 7.11. The molecule has 1 unspecified atom stereocenters. The molecule has 1 atom stereocenters. The molecular formula is C25H25N3O2S3. The van der Waals surface area contributed by atoms with Gasteiger partial charge in [0.2, 0.25) is 5.91 Å². The maximum atomic E-state index is 13.7. The van der Waals surface area contributed by atoms with Crippen molar-refractivity contribution in [3.8, 4) is 5.69 Å². The van der Waals surface area contributed by atoms with Gasteiger partial charge in [0.15, 0.2) is 5.16 Å². The molecule has 0 radical (unpaired) electrons. The third-order valence-corrected chi connectivity index (χ3v) is 9.08. The van der Waals surface area contributed by atoms with Gasteiger partial charge >= 0.3 is 0 Å². The van der Waals surface area contributed by atoms with E-state index in [0.29, 0.717) is 11.7 Å². The van der Waals surface area contributed by atoms with Crippen LogP contribution in [0, 0.1) is 6.92 Å². The highest BCUT2D eigenvalue weighted by Gasteiger charge is 2.25. The fourth-order valence-electron chi connectivity index (χ4n) is 4.14. The second kappa shape index (κ2) is 9.44. The highest BCUT2D eigenvalue weighted by molar-refractivity contribution is 8.00. The first-order valence-corrected chi connectivity index (χ1v) is 13.7. The normalized spacial score (nSPS) is 13.9. The van der Waals surface area contributed by atoms with Gasteiger partial charge in [-0.15, -0.1) is 22.7 Å². The lowest BCUT2D eigenvalue weighted by Crippen LogP contribution is -2.33. The number of hydrogen-bond donors (Lipinski definition) is 1. The van der Waals surface area contributed by atoms with Crippen LogP contribution in [-0.4, -0.2) is 27.3 Å². The SMILES string of the molecule is Cc1ccc(-n2c(SC(C)C(=O)NCCc3cccs3)nc3sc4c(c3c2=O)CCC4)cc1. The average Bonchev–Trinajstić information content (AvgIpc) is 3.52. The number of carbonyl (C=O) groups excluding carboxylic acids is 1. The molecule has 3 heterocycles. The summed E-state index contributed by atoms with van der Waals surface area (Å²) in [7, 11) is 0. The lowest BCUT2D eigenvalue weighted by molar-refractivity contribution is -0.120. The largest absolute Gasteiger partial charge is 0.355 e. The van der Waals surface area contributed by atoms with Crippen LogP contribution in [0.4, 0.5) is 0 Å². The number of carbonyl (C=O) groups is 1. The zero-order valence-corrected chi connectivity index (χ0v) is 21.0. The first-order chi connectivity index (χ1) is 16.0. The number of rotatable bonds is 7. The predicted molar refractivity (Wildman–Crippen MR) is 138 cm³/mol. The summed E-state index contributed by atoms with van der Waals surface area (Å²) in [5.41, 5.74) is 3.05. The molecule has 1 N–H and O–H groups in total. The topological polar surface area (TPSA) is 64.0 Å². The summed E-state index contributed by atoms with van der Waals surface area (Å²) in [4.78, 5) is 34.8. The van der Waals surface area contributed by atoms with E-state index >= 15 is 0 Å². The standard InChI is InChI=1S/C25H25N3O2S3/c1-15-8-10-17(11-9-15)28-24(30)21-19-6-3-7-20(19)33-23(21)27-25(28)32-16(2)22(29)26-13-12-18-5-4-14-31-18/h4-5,8-11,14,16H,3,6-7,12-13H2,1-2H3,(H,26,29). The summed E-state index contributed by atoms with van der Waals surface area (Å²) in [6.07, 6.45) is 3.88. The summed E-state index contributed by atoms with van der Waals surface area (Å²) in [6, 6.07) is 12.0. The lowest BCUT2D eigenvalue weighted by atomic mass is 10.2. The zero-order chi connectivity index (χ0) is 22.9. The van der Waals surface area contributed by atoms with Crippen molar-refractivity contribution in [3.63, 3.8) is 0 Å². The third kappa shape index (κ3) is 4.52. The molecule has 170 valence electrons. The first kappa shape index (κ1) is 22.4. The van der Waals surface area contributed by atoms with E-state index < -0.39 is 0 Å². The molecule has 33 heavy (non-hydrogen) atoms. The van der Waals surface area contributed by atoms with E-state index in [4.69, 9.17) is 4.98 Å². The van der Waals surface area contributed by atoms with E-state index in [9.17, 15) is 9.59 Å². The van der Waals surface area contributed by atoms with E-state index in [1.807, 2.05) is 49.6 Å². The van der Waals surface area contributed by atoms with Gasteiger partial charge in [-0.05, 0) is 68.7 Å². The van der Waals surface area contributed by atoms with Crippen molar-refractivity contribution in [2.75, 3.05) is 6.54 Å². The van der Waals surface area contributed by atoms with Crippen LogP contribution < -0.4 is 10.9 Å². The molecule has 1 aliphatic carbocycles. The summed E-state index contributed by atoms with van der Waals surface area (Å²) >= 11 is 4.67. The molecule has 0 saturated carbocycles. The molecular weight excluding hydrogens is 470 g/mol. The van der Waals surface area contributed by atoms with Crippen LogP contribution in [0.2, 0.25) is 0 Å². The molecule has 1 amide bonds. The highest BCUT2D eigenvalue weighted by atomic mass is 32.2. The molecule has 0 fully saturated rings. The summed E-state index contributed by atoms with van der Waals surface area (Å²) < 4.78 is 1.69. The minimum absolute atomic E-state index is 0.0314. The number of thioether (sulfide) groups is 1. The lowest BCUT2D eigenvalue weighted by Gasteiger charge is -2.16. The molecule has 1 aliphatic rings.